The van der Waals surface area contributed by atoms with Gasteiger partial charge in [-0.2, -0.15) is 30.7 Å². The zero-order chi connectivity index (χ0) is 17.3. The molecule has 1 aromatic rings. The van der Waals surface area contributed by atoms with Gasteiger partial charge in [0.25, 0.3) is 0 Å². The molecule has 0 bridgehead atoms. The van der Waals surface area contributed by atoms with Crippen LogP contribution in [0.15, 0.2) is 36.7 Å². The summed E-state index contributed by atoms with van der Waals surface area (Å²) in [5.74, 6) is -5.15. The fourth-order valence-corrected chi connectivity index (χ4v) is 1.46. The van der Waals surface area contributed by atoms with E-state index in [1.54, 1.807) is 0 Å². The summed E-state index contributed by atoms with van der Waals surface area (Å²) in [4.78, 5) is 10.9. The zero-order valence-electron chi connectivity index (χ0n) is 10.4. The maximum atomic E-state index is 13.9. The molecule has 1 aromatic carbocycles. The molecule has 1 rings (SSSR count). The van der Waals surface area contributed by atoms with Gasteiger partial charge in [0.1, 0.15) is 5.75 Å². The van der Waals surface area contributed by atoms with E-state index in [1.165, 1.54) is 0 Å². The van der Waals surface area contributed by atoms with Gasteiger partial charge >= 0.3 is 24.0 Å². The molecular formula is C12H6F8O2. The first-order valence-corrected chi connectivity index (χ1v) is 5.31. The lowest BCUT2D eigenvalue weighted by Gasteiger charge is -2.31. The van der Waals surface area contributed by atoms with Crippen molar-refractivity contribution in [2.45, 2.75) is 18.0 Å². The lowest BCUT2D eigenvalue weighted by molar-refractivity contribution is -0.349. The number of benzene rings is 1. The van der Waals surface area contributed by atoms with Crippen molar-refractivity contribution in [3.63, 3.8) is 0 Å². The molecule has 0 N–H and O–H groups in total. The van der Waals surface area contributed by atoms with Gasteiger partial charge in [0.15, 0.2) is 0 Å². The van der Waals surface area contributed by atoms with Crippen LogP contribution in [0.1, 0.15) is 5.56 Å². The predicted molar refractivity (Wildman–Crippen MR) is 57.2 cm³/mol. The van der Waals surface area contributed by atoms with Gasteiger partial charge in [0.05, 0.1) is 5.56 Å². The van der Waals surface area contributed by atoms with E-state index < -0.39 is 41.1 Å². The predicted octanol–water partition coefficient (Wildman–Crippen LogP) is 4.36. The van der Waals surface area contributed by atoms with Gasteiger partial charge in [-0.1, -0.05) is 24.8 Å². The van der Waals surface area contributed by atoms with E-state index in [1.807, 2.05) is 0 Å². The molecule has 0 fully saturated rings. The summed E-state index contributed by atoms with van der Waals surface area (Å²) in [5, 5.41) is 0. The molecule has 22 heavy (non-hydrogen) atoms. The summed E-state index contributed by atoms with van der Waals surface area (Å²) >= 11 is 0. The minimum atomic E-state index is -6.39. The minimum absolute atomic E-state index is 0.130. The summed E-state index contributed by atoms with van der Waals surface area (Å²) in [6.07, 6.45) is -12.8. The van der Waals surface area contributed by atoms with Gasteiger partial charge in [-0.3, -0.25) is 0 Å². The summed E-state index contributed by atoms with van der Waals surface area (Å²) in [6.45, 7) is 2.46. The highest BCUT2D eigenvalue weighted by molar-refractivity contribution is 5.87. The van der Waals surface area contributed by atoms with Crippen molar-refractivity contribution >= 4 is 5.97 Å². The molecule has 0 radical (unpaired) electrons. The van der Waals surface area contributed by atoms with Crippen LogP contribution in [0.25, 0.3) is 0 Å². The molecule has 0 aliphatic carbocycles. The molecule has 0 heterocycles. The summed E-state index contributed by atoms with van der Waals surface area (Å²) < 4.78 is 106. The van der Waals surface area contributed by atoms with Gasteiger partial charge in [-0.05, 0) is 6.07 Å². The largest absolute Gasteiger partial charge is 0.436 e. The Morgan fingerprint density at radius 1 is 0.955 bits per heavy atom. The first-order valence-electron chi connectivity index (χ1n) is 5.31. The number of hydrogen-bond donors (Lipinski definition) is 0. The van der Waals surface area contributed by atoms with Gasteiger partial charge in [0.2, 0.25) is 5.83 Å². The lowest BCUT2D eigenvalue weighted by atomic mass is 9.93. The first kappa shape index (κ1) is 17.9. The molecule has 0 spiro atoms. The zero-order valence-corrected chi connectivity index (χ0v) is 10.4. The van der Waals surface area contributed by atoms with Crippen LogP contribution < -0.4 is 4.74 Å². The SMILES string of the molecule is C=C(F)C(=O)Oc1ccccc1C(F)(C(F)(F)F)C(F)(F)F. The molecule has 0 amide bonds. The smallest absolute Gasteiger partial charge is 0.421 e. The topological polar surface area (TPSA) is 26.3 Å². The van der Waals surface area contributed by atoms with E-state index in [9.17, 15) is 39.9 Å². The van der Waals surface area contributed by atoms with Crippen molar-refractivity contribution < 1.29 is 44.7 Å². The van der Waals surface area contributed by atoms with E-state index in [0.717, 1.165) is 6.07 Å². The summed E-state index contributed by atoms with van der Waals surface area (Å²) in [5.41, 5.74) is -7.82. The molecule has 0 aliphatic heterocycles. The summed E-state index contributed by atoms with van der Waals surface area (Å²) in [7, 11) is 0. The van der Waals surface area contributed by atoms with Crippen LogP contribution in [0.3, 0.4) is 0 Å². The Morgan fingerprint density at radius 2 is 1.41 bits per heavy atom. The van der Waals surface area contributed by atoms with Crippen LogP contribution >= 0.6 is 0 Å². The first-order chi connectivity index (χ1) is 9.82. The van der Waals surface area contributed by atoms with Gasteiger partial charge in [-0.25, -0.2) is 9.18 Å². The van der Waals surface area contributed by atoms with E-state index in [0.29, 0.717) is 12.1 Å². The van der Waals surface area contributed by atoms with Crippen LogP contribution in [0, 0.1) is 0 Å². The second-order valence-electron chi connectivity index (χ2n) is 3.94. The van der Waals surface area contributed by atoms with Crippen molar-refractivity contribution in [2.24, 2.45) is 0 Å². The number of ether oxygens (including phenoxy) is 1. The number of rotatable bonds is 3. The third-order valence-corrected chi connectivity index (χ3v) is 2.46. The van der Waals surface area contributed by atoms with Gasteiger partial charge in [-0.15, -0.1) is 0 Å². The van der Waals surface area contributed by atoms with Crippen molar-refractivity contribution in [3.8, 4) is 5.75 Å². The van der Waals surface area contributed by atoms with E-state index >= 15 is 0 Å². The highest BCUT2D eigenvalue weighted by atomic mass is 19.4. The lowest BCUT2D eigenvalue weighted by Crippen LogP contribution is -2.50. The minimum Gasteiger partial charge on any atom is -0.421 e. The normalized spacial score (nSPS) is 12.9. The molecule has 2 nitrogen and oxygen atoms in total. The second-order valence-corrected chi connectivity index (χ2v) is 3.94. The molecule has 0 aromatic heterocycles. The maximum Gasteiger partial charge on any atom is 0.436 e. The average molecular weight is 334 g/mol. The number of alkyl halides is 7. The Bertz CT molecular complexity index is 574. The van der Waals surface area contributed by atoms with Crippen LogP contribution in [-0.4, -0.2) is 18.3 Å². The number of carbonyl (C=O) groups is 1. The number of esters is 1. The van der Waals surface area contributed by atoms with E-state index in [4.69, 9.17) is 0 Å². The molecule has 0 saturated heterocycles. The number of para-hydroxylation sites is 1. The Balaban J connectivity index is 3.53. The molecular weight excluding hydrogens is 328 g/mol. The highest BCUT2D eigenvalue weighted by Gasteiger charge is 2.74. The molecule has 122 valence electrons. The average Bonchev–Trinajstić information content (AvgIpc) is 2.35. The van der Waals surface area contributed by atoms with Gasteiger partial charge in [0, 0.05) is 0 Å². The second kappa shape index (κ2) is 5.58. The van der Waals surface area contributed by atoms with Crippen LogP contribution in [0.4, 0.5) is 35.1 Å². The quantitative estimate of drug-likeness (QED) is 0.355. The Hall–Kier alpha value is -2.13. The number of hydrogen-bond acceptors (Lipinski definition) is 2. The molecule has 0 saturated carbocycles. The Labute approximate surface area is 118 Å². The van der Waals surface area contributed by atoms with Crippen LogP contribution in [0.5, 0.6) is 5.75 Å². The maximum absolute atomic E-state index is 13.9. The molecule has 0 unspecified atom stereocenters. The van der Waals surface area contributed by atoms with Crippen molar-refractivity contribution in [1.29, 1.82) is 0 Å². The van der Waals surface area contributed by atoms with E-state index in [2.05, 4.69) is 11.3 Å². The highest BCUT2D eigenvalue weighted by Crippen LogP contribution is 2.55. The van der Waals surface area contributed by atoms with Crippen molar-refractivity contribution in [3.05, 3.63) is 42.2 Å². The molecule has 0 aliphatic rings. The Morgan fingerprint density at radius 3 is 1.82 bits per heavy atom. The van der Waals surface area contributed by atoms with Crippen LogP contribution in [0.2, 0.25) is 0 Å². The Kier molecular flexibility index (Phi) is 4.54. The van der Waals surface area contributed by atoms with Gasteiger partial charge < -0.3 is 4.74 Å². The third-order valence-electron chi connectivity index (χ3n) is 2.46. The van der Waals surface area contributed by atoms with Crippen molar-refractivity contribution in [2.75, 3.05) is 0 Å². The third kappa shape index (κ3) is 3.04. The van der Waals surface area contributed by atoms with E-state index in [-0.39, 0.29) is 6.07 Å². The van der Waals surface area contributed by atoms with Crippen LogP contribution in [-0.2, 0) is 10.5 Å². The fraction of sp³-hybridized carbons (Fsp3) is 0.250. The number of carbonyl (C=O) groups excluding carboxylic acids is 1. The monoisotopic (exact) mass is 334 g/mol. The van der Waals surface area contributed by atoms with Crippen molar-refractivity contribution in [1.82, 2.24) is 0 Å². The molecule has 10 heteroatoms. The summed E-state index contributed by atoms with van der Waals surface area (Å²) in [6, 6.07) is 2.13. The fourth-order valence-electron chi connectivity index (χ4n) is 1.46. The number of halogens is 8. The standard InChI is InChI=1S/C12H6F8O2/c1-6(13)9(21)22-8-5-3-2-4-7(8)10(14,11(15,16)17)12(18,19)20/h2-5H,1H2. The molecule has 0 atom stereocenters.